The molecule has 1 aliphatic heterocycles. The summed E-state index contributed by atoms with van der Waals surface area (Å²) >= 11 is 0. The first-order valence-electron chi connectivity index (χ1n) is 9.37. The van der Waals surface area contributed by atoms with Crippen LogP contribution in [0, 0.1) is 0 Å². The molecule has 0 saturated carbocycles. The van der Waals surface area contributed by atoms with Crippen LogP contribution in [-0.2, 0) is 44.7 Å². The monoisotopic (exact) mass is 408 g/mol. The fourth-order valence-corrected chi connectivity index (χ4v) is 2.60. The molecule has 1 heterocycles. The smallest absolute Gasteiger partial charge is 0.347 e. The minimum atomic E-state index is -1.36. The third-order valence-corrected chi connectivity index (χ3v) is 3.82. The molecule has 1 saturated heterocycles. The van der Waals surface area contributed by atoms with Crippen molar-refractivity contribution in [3.8, 4) is 0 Å². The van der Waals surface area contributed by atoms with Gasteiger partial charge in [0.05, 0.1) is 0 Å². The van der Waals surface area contributed by atoms with Crippen molar-refractivity contribution in [3.05, 3.63) is 35.9 Å². The van der Waals surface area contributed by atoms with Gasteiger partial charge in [-0.05, 0) is 47.1 Å². The molecule has 1 fully saturated rings. The molecule has 0 amide bonds. The second-order valence-corrected chi connectivity index (χ2v) is 8.18. The van der Waals surface area contributed by atoms with Gasteiger partial charge in [-0.15, -0.1) is 0 Å². The lowest BCUT2D eigenvalue weighted by molar-refractivity contribution is -0.181. The molecule has 1 aromatic rings. The van der Waals surface area contributed by atoms with Crippen molar-refractivity contribution in [1.82, 2.24) is 0 Å². The first-order valence-corrected chi connectivity index (χ1v) is 9.37. The van der Waals surface area contributed by atoms with E-state index in [0.717, 1.165) is 5.56 Å². The van der Waals surface area contributed by atoms with Crippen LogP contribution in [0.4, 0.5) is 0 Å². The molecule has 160 valence electrons. The van der Waals surface area contributed by atoms with E-state index < -0.39 is 47.6 Å². The van der Waals surface area contributed by atoms with E-state index >= 15 is 0 Å². The molecule has 1 aliphatic rings. The molecule has 29 heavy (non-hydrogen) atoms. The highest BCUT2D eigenvalue weighted by Gasteiger charge is 2.51. The number of hydrogen-bond acceptors (Lipinski definition) is 8. The average molecular weight is 408 g/mol. The average Bonchev–Trinajstić information content (AvgIpc) is 2.95. The summed E-state index contributed by atoms with van der Waals surface area (Å²) in [5.74, 6) is -3.56. The minimum absolute atomic E-state index is 0.0537. The molecule has 0 radical (unpaired) electrons. The molecular weight excluding hydrogens is 380 g/mol. The Kier molecular flexibility index (Phi) is 7.02. The fourth-order valence-electron chi connectivity index (χ4n) is 2.60. The molecule has 3 atom stereocenters. The van der Waals surface area contributed by atoms with Gasteiger partial charge >= 0.3 is 17.9 Å². The highest BCUT2D eigenvalue weighted by atomic mass is 16.8. The summed E-state index contributed by atoms with van der Waals surface area (Å²) in [7, 11) is 0. The largest absolute Gasteiger partial charge is 0.458 e. The lowest BCUT2D eigenvalue weighted by atomic mass is 10.1. The van der Waals surface area contributed by atoms with E-state index in [9.17, 15) is 14.4 Å². The van der Waals surface area contributed by atoms with E-state index in [-0.39, 0.29) is 6.61 Å². The molecule has 0 aliphatic carbocycles. The van der Waals surface area contributed by atoms with Crippen molar-refractivity contribution in [2.75, 3.05) is 0 Å². The quantitative estimate of drug-likeness (QED) is 0.523. The number of carbonyl (C=O) groups excluding carboxylic acids is 3. The lowest BCUT2D eigenvalue weighted by Gasteiger charge is -2.23. The van der Waals surface area contributed by atoms with Gasteiger partial charge < -0.3 is 23.7 Å². The van der Waals surface area contributed by atoms with Gasteiger partial charge in [-0.1, -0.05) is 30.3 Å². The summed E-state index contributed by atoms with van der Waals surface area (Å²) in [5.41, 5.74) is 0.0366. The van der Waals surface area contributed by atoms with E-state index in [2.05, 4.69) is 0 Å². The van der Waals surface area contributed by atoms with E-state index in [4.69, 9.17) is 23.7 Å². The Morgan fingerprint density at radius 2 is 1.59 bits per heavy atom. The molecule has 0 spiro atoms. The van der Waals surface area contributed by atoms with Crippen LogP contribution in [-0.4, -0.2) is 47.6 Å². The Morgan fingerprint density at radius 1 is 1.03 bits per heavy atom. The molecule has 8 heteroatoms. The number of benzene rings is 1. The summed E-state index contributed by atoms with van der Waals surface area (Å²) in [6.07, 6.45) is -3.84. The number of ether oxygens (including phenoxy) is 5. The zero-order valence-corrected chi connectivity index (χ0v) is 17.6. The maximum Gasteiger partial charge on any atom is 0.347 e. The van der Waals surface area contributed by atoms with Crippen molar-refractivity contribution >= 4 is 17.9 Å². The zero-order chi connectivity index (χ0) is 21.8. The normalized spacial score (nSPS) is 21.9. The molecule has 0 N–H and O–H groups in total. The summed E-state index contributed by atoms with van der Waals surface area (Å²) in [5, 5.41) is 0. The van der Waals surface area contributed by atoms with Crippen LogP contribution in [0.2, 0.25) is 0 Å². The maximum absolute atomic E-state index is 12.6. The highest BCUT2D eigenvalue weighted by molar-refractivity contribution is 5.88. The Morgan fingerprint density at radius 3 is 2.14 bits per heavy atom. The number of hydrogen-bond donors (Lipinski definition) is 0. The van der Waals surface area contributed by atoms with Crippen LogP contribution in [0.15, 0.2) is 30.3 Å². The predicted molar refractivity (Wildman–Crippen MR) is 101 cm³/mol. The Bertz CT molecular complexity index is 735. The Balaban J connectivity index is 1.97. The number of esters is 3. The van der Waals surface area contributed by atoms with Crippen LogP contribution < -0.4 is 0 Å². The van der Waals surface area contributed by atoms with Gasteiger partial charge in [0.1, 0.15) is 12.2 Å². The summed E-state index contributed by atoms with van der Waals surface area (Å²) in [6, 6.07) is 9.11. The predicted octanol–water partition coefficient (Wildman–Crippen LogP) is 2.52. The topological polar surface area (TPSA) is 97.4 Å². The van der Waals surface area contributed by atoms with Crippen LogP contribution in [0.5, 0.6) is 0 Å². The first-order chi connectivity index (χ1) is 13.4. The third kappa shape index (κ3) is 6.83. The summed E-state index contributed by atoms with van der Waals surface area (Å²) < 4.78 is 26.7. The first kappa shape index (κ1) is 22.8. The van der Waals surface area contributed by atoms with Crippen LogP contribution in [0.25, 0.3) is 0 Å². The molecule has 2 rings (SSSR count). The standard InChI is InChI=1S/C21H28O8/c1-13(17(22)25-12-14-10-8-7-9-11-14)26-18(23)15-16(28-21(5,6)27-15)19(24)29-20(2,3)4/h7-11,13,15-16H,12H2,1-6H3/t13-,15-,16-/m0/s1. The minimum Gasteiger partial charge on any atom is -0.458 e. The third-order valence-electron chi connectivity index (χ3n) is 3.82. The van der Waals surface area contributed by atoms with Crippen molar-refractivity contribution in [1.29, 1.82) is 0 Å². The SMILES string of the molecule is C[C@H](OC(=O)[C@H]1OC(C)(C)O[C@@H]1C(=O)OC(C)(C)C)C(=O)OCc1ccccc1. The van der Waals surface area contributed by atoms with Gasteiger partial charge in [0, 0.05) is 0 Å². The fraction of sp³-hybridized carbons (Fsp3) is 0.571. The van der Waals surface area contributed by atoms with Gasteiger partial charge in [0.2, 0.25) is 0 Å². The van der Waals surface area contributed by atoms with Crippen molar-refractivity contribution < 1.29 is 38.1 Å². The van der Waals surface area contributed by atoms with Crippen LogP contribution >= 0.6 is 0 Å². The molecule has 0 aromatic heterocycles. The molecule has 8 nitrogen and oxygen atoms in total. The second kappa shape index (κ2) is 8.92. The van der Waals surface area contributed by atoms with Gasteiger partial charge in [-0.3, -0.25) is 0 Å². The van der Waals surface area contributed by atoms with Gasteiger partial charge in [-0.25, -0.2) is 14.4 Å². The molecule has 0 unspecified atom stereocenters. The zero-order valence-electron chi connectivity index (χ0n) is 17.6. The summed E-state index contributed by atoms with van der Waals surface area (Å²) in [6.45, 7) is 9.66. The molecular formula is C21H28O8. The second-order valence-electron chi connectivity index (χ2n) is 8.18. The Hall–Kier alpha value is -2.45. The molecule has 1 aromatic carbocycles. The van der Waals surface area contributed by atoms with Crippen LogP contribution in [0.3, 0.4) is 0 Å². The Labute approximate surface area is 170 Å². The van der Waals surface area contributed by atoms with Gasteiger partial charge in [0.25, 0.3) is 0 Å². The molecule has 0 bridgehead atoms. The van der Waals surface area contributed by atoms with E-state index in [1.54, 1.807) is 46.8 Å². The van der Waals surface area contributed by atoms with Crippen molar-refractivity contribution in [2.45, 2.75) is 77.8 Å². The number of rotatable bonds is 6. The van der Waals surface area contributed by atoms with Gasteiger partial charge in [-0.2, -0.15) is 0 Å². The maximum atomic E-state index is 12.6. The van der Waals surface area contributed by atoms with Gasteiger partial charge in [0.15, 0.2) is 24.1 Å². The van der Waals surface area contributed by atoms with Crippen molar-refractivity contribution in [3.63, 3.8) is 0 Å². The van der Waals surface area contributed by atoms with Crippen molar-refractivity contribution in [2.24, 2.45) is 0 Å². The van der Waals surface area contributed by atoms with E-state index in [0.29, 0.717) is 0 Å². The van der Waals surface area contributed by atoms with E-state index in [1.165, 1.54) is 6.92 Å². The lowest BCUT2D eigenvalue weighted by Crippen LogP contribution is -2.43. The van der Waals surface area contributed by atoms with Crippen LogP contribution in [0.1, 0.15) is 47.1 Å². The van der Waals surface area contributed by atoms with E-state index in [1.807, 2.05) is 18.2 Å². The highest BCUT2D eigenvalue weighted by Crippen LogP contribution is 2.31. The summed E-state index contributed by atoms with van der Waals surface area (Å²) in [4.78, 5) is 37.1. The number of carbonyl (C=O) groups is 3.